The molecule has 1 aromatic heterocycles. The number of nitrogens with zero attached hydrogens (tertiary/aromatic N) is 2. The molecule has 3 heterocycles. The molecule has 31 heavy (non-hydrogen) atoms. The number of furan rings is 1. The molecule has 10 nitrogen and oxygen atoms in total. The molecule has 1 fully saturated rings. The van der Waals surface area contributed by atoms with Crippen molar-refractivity contribution in [2.75, 3.05) is 39.4 Å². The van der Waals surface area contributed by atoms with Crippen molar-refractivity contribution in [1.29, 1.82) is 0 Å². The molecule has 2 aliphatic heterocycles. The minimum atomic E-state index is -3.73. The lowest BCUT2D eigenvalue weighted by atomic mass is 10.2. The summed E-state index contributed by atoms with van der Waals surface area (Å²) in [6, 6.07) is 5.31. The maximum absolute atomic E-state index is 13.0. The standard InChI is InChI=1S/C20H23N3O7S/c1-14(21-19(24)15-4-9-28-13-15)20(25)22-5-7-23(8-6-22)31(26,27)16-2-3-17-18(12-16)30-11-10-29-17/h2-4,9,12-14H,5-8,10-11H2,1H3,(H,21,24). The Labute approximate surface area is 179 Å². The number of carbonyl (C=O) groups is 2. The summed E-state index contributed by atoms with van der Waals surface area (Å²) in [5.41, 5.74) is 0.329. The van der Waals surface area contributed by atoms with Gasteiger partial charge in [-0.1, -0.05) is 0 Å². The molecule has 0 bridgehead atoms. The molecule has 2 aromatic rings. The molecule has 0 spiro atoms. The SMILES string of the molecule is CC(NC(=O)c1ccoc1)C(=O)N1CCN(S(=O)(=O)c2ccc3c(c2)OCCO3)CC1. The highest BCUT2D eigenvalue weighted by atomic mass is 32.2. The second kappa shape index (κ2) is 8.60. The van der Waals surface area contributed by atoms with E-state index < -0.39 is 22.0 Å². The van der Waals surface area contributed by atoms with E-state index in [1.54, 1.807) is 17.9 Å². The molecular weight excluding hydrogens is 426 g/mol. The fourth-order valence-corrected chi connectivity index (χ4v) is 4.93. The van der Waals surface area contributed by atoms with E-state index in [1.165, 1.54) is 35.0 Å². The van der Waals surface area contributed by atoms with E-state index >= 15 is 0 Å². The monoisotopic (exact) mass is 449 g/mol. The lowest BCUT2D eigenvalue weighted by Gasteiger charge is -2.35. The Hall–Kier alpha value is -3.05. The number of fused-ring (bicyclic) bond motifs is 1. The van der Waals surface area contributed by atoms with Gasteiger partial charge in [0, 0.05) is 32.2 Å². The van der Waals surface area contributed by atoms with E-state index in [0.717, 1.165) is 0 Å². The highest BCUT2D eigenvalue weighted by molar-refractivity contribution is 7.89. The molecule has 4 rings (SSSR count). The first-order chi connectivity index (χ1) is 14.9. The summed E-state index contributed by atoms with van der Waals surface area (Å²) in [7, 11) is -3.73. The van der Waals surface area contributed by atoms with Crippen LogP contribution >= 0.6 is 0 Å². The van der Waals surface area contributed by atoms with E-state index in [9.17, 15) is 18.0 Å². The largest absolute Gasteiger partial charge is 0.486 e. The highest BCUT2D eigenvalue weighted by Gasteiger charge is 2.32. The summed E-state index contributed by atoms with van der Waals surface area (Å²) in [5, 5.41) is 2.63. The second-order valence-electron chi connectivity index (χ2n) is 7.24. The topological polar surface area (TPSA) is 118 Å². The zero-order valence-electron chi connectivity index (χ0n) is 16.9. The van der Waals surface area contributed by atoms with Crippen molar-refractivity contribution in [2.24, 2.45) is 0 Å². The number of sulfonamides is 1. The number of amides is 2. The number of piperazine rings is 1. The summed E-state index contributed by atoms with van der Waals surface area (Å²) >= 11 is 0. The zero-order valence-corrected chi connectivity index (χ0v) is 17.8. The fourth-order valence-electron chi connectivity index (χ4n) is 3.49. The summed E-state index contributed by atoms with van der Waals surface area (Å²) in [6.07, 6.45) is 2.68. The molecule has 1 unspecified atom stereocenters. The third-order valence-corrected chi connectivity index (χ3v) is 7.10. The molecule has 1 aromatic carbocycles. The number of hydrogen-bond donors (Lipinski definition) is 1. The fraction of sp³-hybridized carbons (Fsp3) is 0.400. The van der Waals surface area contributed by atoms with Gasteiger partial charge in [0.05, 0.1) is 16.7 Å². The van der Waals surface area contributed by atoms with Gasteiger partial charge in [-0.3, -0.25) is 9.59 Å². The van der Waals surface area contributed by atoms with Gasteiger partial charge in [0.15, 0.2) is 11.5 Å². The number of ether oxygens (including phenoxy) is 2. The van der Waals surface area contributed by atoms with Crippen LogP contribution in [0.1, 0.15) is 17.3 Å². The van der Waals surface area contributed by atoms with Crippen LogP contribution in [0.3, 0.4) is 0 Å². The van der Waals surface area contributed by atoms with Crippen LogP contribution in [0.25, 0.3) is 0 Å². The van der Waals surface area contributed by atoms with Crippen molar-refractivity contribution in [2.45, 2.75) is 17.9 Å². The van der Waals surface area contributed by atoms with Gasteiger partial charge < -0.3 is 24.1 Å². The predicted molar refractivity (Wildman–Crippen MR) is 108 cm³/mol. The Morgan fingerprint density at radius 1 is 1.03 bits per heavy atom. The van der Waals surface area contributed by atoms with E-state index in [4.69, 9.17) is 13.9 Å². The maximum atomic E-state index is 13.0. The van der Waals surface area contributed by atoms with Crippen LogP contribution in [0.15, 0.2) is 46.1 Å². The van der Waals surface area contributed by atoms with Crippen LogP contribution < -0.4 is 14.8 Å². The molecule has 0 aliphatic carbocycles. The Kier molecular flexibility index (Phi) is 5.88. The van der Waals surface area contributed by atoms with Crippen LogP contribution in [0.4, 0.5) is 0 Å². The molecule has 2 aliphatic rings. The number of benzene rings is 1. The summed E-state index contributed by atoms with van der Waals surface area (Å²) in [5.74, 6) is 0.248. The molecule has 1 atom stereocenters. The highest BCUT2D eigenvalue weighted by Crippen LogP contribution is 2.33. The first kappa shape index (κ1) is 21.2. The van der Waals surface area contributed by atoms with Gasteiger partial charge >= 0.3 is 0 Å². The molecule has 1 N–H and O–H groups in total. The Balaban J connectivity index is 1.36. The van der Waals surface area contributed by atoms with Gasteiger partial charge in [0.1, 0.15) is 25.5 Å². The van der Waals surface area contributed by atoms with E-state index in [0.29, 0.717) is 30.3 Å². The molecule has 0 saturated carbocycles. The van der Waals surface area contributed by atoms with Crippen molar-refractivity contribution in [3.05, 3.63) is 42.4 Å². The molecule has 1 saturated heterocycles. The van der Waals surface area contributed by atoms with Gasteiger partial charge in [0.2, 0.25) is 15.9 Å². The summed E-state index contributed by atoms with van der Waals surface area (Å²) < 4.78 is 43.2. The number of rotatable bonds is 5. The van der Waals surface area contributed by atoms with Gasteiger partial charge in [-0.2, -0.15) is 4.31 Å². The van der Waals surface area contributed by atoms with Crippen molar-refractivity contribution in [1.82, 2.24) is 14.5 Å². The normalized spacial score (nSPS) is 17.8. The quantitative estimate of drug-likeness (QED) is 0.714. The van der Waals surface area contributed by atoms with Crippen LogP contribution in [0.2, 0.25) is 0 Å². The van der Waals surface area contributed by atoms with Crippen molar-refractivity contribution in [3.8, 4) is 11.5 Å². The minimum absolute atomic E-state index is 0.122. The smallest absolute Gasteiger partial charge is 0.255 e. The summed E-state index contributed by atoms with van der Waals surface area (Å²) in [6.45, 7) is 3.17. The van der Waals surface area contributed by atoms with Crippen molar-refractivity contribution >= 4 is 21.8 Å². The number of carbonyl (C=O) groups excluding carboxylic acids is 2. The summed E-state index contributed by atoms with van der Waals surface area (Å²) in [4.78, 5) is 26.5. The first-order valence-electron chi connectivity index (χ1n) is 9.88. The Morgan fingerprint density at radius 2 is 1.74 bits per heavy atom. The lowest BCUT2D eigenvalue weighted by Crippen LogP contribution is -2.55. The van der Waals surface area contributed by atoms with Crippen LogP contribution in [0, 0.1) is 0 Å². The number of nitrogens with one attached hydrogen (secondary N) is 1. The van der Waals surface area contributed by atoms with E-state index in [1.807, 2.05) is 0 Å². The molecular formula is C20H23N3O7S. The number of hydrogen-bond acceptors (Lipinski definition) is 7. The third kappa shape index (κ3) is 4.37. The average molecular weight is 449 g/mol. The van der Waals surface area contributed by atoms with E-state index in [-0.39, 0.29) is 37.0 Å². The van der Waals surface area contributed by atoms with Crippen LogP contribution in [0.5, 0.6) is 11.5 Å². The molecule has 11 heteroatoms. The van der Waals surface area contributed by atoms with Gasteiger partial charge in [-0.05, 0) is 25.1 Å². The van der Waals surface area contributed by atoms with Gasteiger partial charge in [0.25, 0.3) is 5.91 Å². The maximum Gasteiger partial charge on any atom is 0.255 e. The zero-order chi connectivity index (χ0) is 22.0. The Bertz CT molecular complexity index is 1060. The first-order valence-corrected chi connectivity index (χ1v) is 11.3. The van der Waals surface area contributed by atoms with Gasteiger partial charge in [-0.15, -0.1) is 0 Å². The minimum Gasteiger partial charge on any atom is -0.486 e. The second-order valence-corrected chi connectivity index (χ2v) is 9.18. The van der Waals surface area contributed by atoms with E-state index in [2.05, 4.69) is 5.32 Å². The van der Waals surface area contributed by atoms with Crippen molar-refractivity contribution in [3.63, 3.8) is 0 Å². The lowest BCUT2D eigenvalue weighted by molar-refractivity contribution is -0.134. The van der Waals surface area contributed by atoms with Crippen molar-refractivity contribution < 1.29 is 31.9 Å². The predicted octanol–water partition coefficient (Wildman–Crippen LogP) is 0.702. The van der Waals surface area contributed by atoms with Crippen LogP contribution in [-0.2, 0) is 14.8 Å². The van der Waals surface area contributed by atoms with Crippen LogP contribution in [-0.4, -0.2) is 74.9 Å². The molecule has 166 valence electrons. The third-order valence-electron chi connectivity index (χ3n) is 5.20. The Morgan fingerprint density at radius 3 is 2.42 bits per heavy atom. The average Bonchev–Trinajstić information content (AvgIpc) is 3.33. The molecule has 0 radical (unpaired) electrons. The van der Waals surface area contributed by atoms with Gasteiger partial charge in [-0.25, -0.2) is 8.42 Å². The molecule has 2 amide bonds.